The van der Waals surface area contributed by atoms with Crippen molar-refractivity contribution in [3.8, 4) is 0 Å². The van der Waals surface area contributed by atoms with E-state index in [1.54, 1.807) is 0 Å². The number of benzene rings is 1. The van der Waals surface area contributed by atoms with Crippen LogP contribution < -0.4 is 0 Å². The predicted molar refractivity (Wildman–Crippen MR) is 95.9 cm³/mol. The van der Waals surface area contributed by atoms with Crippen LogP contribution in [0.2, 0.25) is 0 Å². The molecule has 0 spiro atoms. The van der Waals surface area contributed by atoms with Gasteiger partial charge in [-0.1, -0.05) is 12.1 Å². The van der Waals surface area contributed by atoms with Crippen LogP contribution in [-0.2, 0) is 0 Å². The van der Waals surface area contributed by atoms with Crippen LogP contribution in [0.1, 0.15) is 0 Å². The van der Waals surface area contributed by atoms with Crippen molar-refractivity contribution in [3.63, 3.8) is 0 Å². The van der Waals surface area contributed by atoms with Gasteiger partial charge in [-0.25, -0.2) is 9.97 Å². The first kappa shape index (κ1) is 17.7. The van der Waals surface area contributed by atoms with E-state index in [2.05, 4.69) is 13.7 Å². The number of nitrogens with zero attached hydrogens (tertiary/aromatic N) is 3. The van der Waals surface area contributed by atoms with Crippen molar-refractivity contribution >= 4 is 106 Å². The first-order valence-corrected chi connectivity index (χ1v) is 25.7. The minimum absolute atomic E-state index is 0.920. The summed E-state index contributed by atoms with van der Waals surface area (Å²) in [5.74, 6) is 0. The molecule has 0 fully saturated rings. The van der Waals surface area contributed by atoms with Crippen LogP contribution in [0.4, 0.5) is 0 Å². The zero-order chi connectivity index (χ0) is 15.1. The van der Waals surface area contributed by atoms with E-state index in [9.17, 15) is 0 Å². The Hall–Kier alpha value is 1.36. The Morgan fingerprint density at radius 2 is 1.40 bits per heavy atom. The van der Waals surface area contributed by atoms with Gasteiger partial charge in [0.1, 0.15) is 0 Å². The summed E-state index contributed by atoms with van der Waals surface area (Å²) in [5, 5.41) is 0. The molecule has 20 heavy (non-hydrogen) atoms. The molecule has 0 bridgehead atoms. The summed E-state index contributed by atoms with van der Waals surface area (Å²) < 4.78 is 4.08. The second-order valence-electron chi connectivity index (χ2n) is 3.54. The largest absolute Gasteiger partial charge is 0.307 e. The van der Waals surface area contributed by atoms with E-state index in [0.29, 0.717) is 0 Å². The van der Waals surface area contributed by atoms with Crippen LogP contribution in [0.15, 0.2) is 24.3 Å². The molecule has 3 nitrogen and oxygen atoms in total. The van der Waals surface area contributed by atoms with Crippen LogP contribution in [0.5, 0.6) is 0 Å². The van der Waals surface area contributed by atoms with E-state index in [-0.39, 0.29) is 0 Å². The van der Waals surface area contributed by atoms with Gasteiger partial charge in [0.15, 0.2) is 0 Å². The van der Waals surface area contributed by atoms with E-state index in [1.807, 2.05) is 24.3 Å². The van der Waals surface area contributed by atoms with Gasteiger partial charge in [0.05, 0.1) is 14.8 Å². The number of rotatable bonds is 0. The quantitative estimate of drug-likeness (QED) is 0.247. The average molecular weight is 541 g/mol. The smallest absolute Gasteiger partial charge is 0.208 e. The molecule has 1 aromatic carbocycles. The molecule has 0 saturated carbocycles. The van der Waals surface area contributed by atoms with E-state index < -0.39 is 9.14 Å². The minimum atomic E-state index is -5.42. The maximum Gasteiger partial charge on any atom is 0.307 e. The van der Waals surface area contributed by atoms with Crippen molar-refractivity contribution in [3.05, 3.63) is 24.3 Å². The standard InChI is InChI=1S/C8H4N3S2.6ClH.Sb/c1-2-4-6-5(3-1)9-7-8(10-6)13-11-12-7;;;;;;;/h1-4H;6*1H;/q+1;;;;;;;+5/p-6. The van der Waals surface area contributed by atoms with E-state index >= 15 is 0 Å². The molecular formula is C8H4Cl6N3S2Sb. The third-order valence-corrected chi connectivity index (χ3v) is 3.40. The Balaban J connectivity index is 0.000000182. The molecular weight excluding hydrogens is 537 g/mol. The normalized spacial score (nSPS) is 15.3. The summed E-state index contributed by atoms with van der Waals surface area (Å²) in [6, 6.07) is 7.86. The van der Waals surface area contributed by atoms with Crippen molar-refractivity contribution < 1.29 is 0 Å². The minimum Gasteiger partial charge on any atom is -0.208 e. The van der Waals surface area contributed by atoms with Crippen LogP contribution >= 0.6 is 76.0 Å². The van der Waals surface area contributed by atoms with Gasteiger partial charge in [-0.3, -0.25) is 0 Å². The molecule has 2 heterocycles. The maximum atomic E-state index is 5.06. The first-order chi connectivity index (χ1) is 8.88. The topological polar surface area (TPSA) is 38.7 Å². The SMILES string of the molecule is [Cl][Sb-]([Cl])([Cl])([Cl])([Cl])[Cl].c1ccc2nc3[s+]nsc3nc2c1. The van der Waals surface area contributed by atoms with Gasteiger partial charge in [-0.05, 0) is 12.1 Å². The molecule has 0 unspecified atom stereocenters. The number of aromatic nitrogens is 3. The molecule has 0 aliphatic carbocycles. The Labute approximate surface area is 142 Å². The van der Waals surface area contributed by atoms with Crippen molar-refractivity contribution in [1.29, 1.82) is 0 Å². The summed E-state index contributed by atoms with van der Waals surface area (Å²) >= 11 is 2.79. The molecule has 0 N–H and O–H groups in total. The summed E-state index contributed by atoms with van der Waals surface area (Å²) in [6.07, 6.45) is 0. The fourth-order valence-corrected chi connectivity index (χ4v) is 2.64. The number of fused-ring (bicyclic) bond motifs is 2. The van der Waals surface area contributed by atoms with Gasteiger partial charge in [0, 0.05) is 0 Å². The Bertz CT molecular complexity index is 711. The second-order valence-corrected chi connectivity index (χ2v) is 62.2. The molecule has 3 rings (SSSR count). The third-order valence-electron chi connectivity index (χ3n) is 1.76. The molecule has 0 atom stereocenters. The first-order valence-electron chi connectivity index (χ1n) is 4.76. The van der Waals surface area contributed by atoms with E-state index in [1.165, 1.54) is 23.1 Å². The molecule has 0 aliphatic heterocycles. The average Bonchev–Trinajstić information content (AvgIpc) is 2.68. The van der Waals surface area contributed by atoms with Gasteiger partial charge in [0.2, 0.25) is 23.1 Å². The molecule has 2 aromatic heterocycles. The summed E-state index contributed by atoms with van der Waals surface area (Å²) in [7, 11) is 25.0. The van der Waals surface area contributed by atoms with Gasteiger partial charge in [0.25, 0.3) is 0 Å². The third kappa shape index (κ3) is 7.08. The fourth-order valence-electron chi connectivity index (χ4n) is 1.18. The molecule has 0 saturated heterocycles. The van der Waals surface area contributed by atoms with E-state index in [0.717, 1.165) is 20.7 Å². The Kier molecular flexibility index (Phi) is 4.84. The zero-order valence-electron chi connectivity index (χ0n) is 9.18. The van der Waals surface area contributed by atoms with Gasteiger partial charge in [-0.15, -0.1) is 0 Å². The van der Waals surface area contributed by atoms with Crippen molar-refractivity contribution in [2.45, 2.75) is 0 Å². The molecule has 0 radical (unpaired) electrons. The maximum absolute atomic E-state index is 5.42. The molecule has 12 heteroatoms. The zero-order valence-corrected chi connectivity index (χ0v) is 17.9. The van der Waals surface area contributed by atoms with Crippen molar-refractivity contribution in [1.82, 2.24) is 13.7 Å². The Morgan fingerprint density at radius 1 is 0.900 bits per heavy atom. The van der Waals surface area contributed by atoms with Gasteiger partial charge < -0.3 is 0 Å². The summed E-state index contributed by atoms with van der Waals surface area (Å²) in [5.41, 5.74) is 1.87. The molecule has 110 valence electrons. The van der Waals surface area contributed by atoms with Crippen LogP contribution in [-0.4, -0.2) is 22.9 Å². The molecule has 0 aliphatic rings. The predicted octanol–water partition coefficient (Wildman–Crippen LogP) is 6.34. The van der Waals surface area contributed by atoms with Gasteiger partial charge in [-0.2, -0.15) is 0 Å². The number of para-hydroxylation sites is 2. The summed E-state index contributed by atoms with van der Waals surface area (Å²) in [4.78, 5) is 10.7. The number of hydrogen-bond acceptors (Lipinski definition) is 4. The monoisotopic (exact) mass is 537 g/mol. The van der Waals surface area contributed by atoms with Crippen LogP contribution in [0.3, 0.4) is 0 Å². The molecule has 0 amide bonds. The number of hydrogen-bond donors (Lipinski definition) is 0. The second kappa shape index (κ2) is 5.47. The Morgan fingerprint density at radius 3 is 1.95 bits per heavy atom. The van der Waals surface area contributed by atoms with Crippen LogP contribution in [0, 0.1) is 0 Å². The van der Waals surface area contributed by atoms with Gasteiger partial charge >= 0.3 is 71.8 Å². The fraction of sp³-hybridized carbons (Fsp3) is 0. The molecule has 3 aromatic rings. The number of halogens is 6. The van der Waals surface area contributed by atoms with Crippen molar-refractivity contribution in [2.24, 2.45) is 0 Å². The summed E-state index contributed by atoms with van der Waals surface area (Å²) in [6.45, 7) is 0. The van der Waals surface area contributed by atoms with Crippen molar-refractivity contribution in [2.75, 3.05) is 0 Å². The van der Waals surface area contributed by atoms with E-state index in [4.69, 9.17) is 53.0 Å². The van der Waals surface area contributed by atoms with Crippen LogP contribution in [0.25, 0.3) is 20.7 Å².